The zero-order valence-corrected chi connectivity index (χ0v) is 10.2. The molecule has 2 aromatic rings. The van der Waals surface area contributed by atoms with E-state index in [1.165, 1.54) is 0 Å². The summed E-state index contributed by atoms with van der Waals surface area (Å²) in [6, 6.07) is 6.30. The van der Waals surface area contributed by atoms with Gasteiger partial charge >= 0.3 is 0 Å². The van der Waals surface area contributed by atoms with E-state index in [-0.39, 0.29) is 0 Å². The molecule has 19 heavy (non-hydrogen) atoms. The van der Waals surface area contributed by atoms with Crippen LogP contribution in [-0.2, 0) is 0 Å². The molecule has 0 fully saturated rings. The van der Waals surface area contributed by atoms with Crippen molar-refractivity contribution < 1.29 is 17.6 Å². The Labute approximate surface area is 108 Å². The Kier molecular flexibility index (Phi) is 4.27. The molecule has 1 heterocycles. The highest BCUT2D eigenvalue weighted by molar-refractivity contribution is 5.82. The summed E-state index contributed by atoms with van der Waals surface area (Å²) in [4.78, 5) is 0. The van der Waals surface area contributed by atoms with Crippen molar-refractivity contribution in [2.45, 2.75) is 18.9 Å². The highest BCUT2D eigenvalue weighted by Gasteiger charge is 2.19. The first-order valence-corrected chi connectivity index (χ1v) is 5.85. The number of halogens is 3. The van der Waals surface area contributed by atoms with Crippen LogP contribution in [0.1, 0.15) is 12.0 Å². The zero-order chi connectivity index (χ0) is 13.8. The zero-order valence-electron chi connectivity index (χ0n) is 10.2. The molecule has 0 saturated carbocycles. The van der Waals surface area contributed by atoms with Crippen molar-refractivity contribution in [2.24, 2.45) is 0 Å². The number of rotatable bonds is 6. The maximum atomic E-state index is 12.5. The Bertz CT molecular complexity index is 565. The highest BCUT2D eigenvalue weighted by atomic mass is 19.3. The van der Waals surface area contributed by atoms with Gasteiger partial charge in [0.05, 0.1) is 6.26 Å². The fraction of sp³-hybridized carbons (Fsp3) is 0.286. The Morgan fingerprint density at radius 3 is 2.79 bits per heavy atom. The van der Waals surface area contributed by atoms with Gasteiger partial charge in [-0.25, -0.2) is 13.2 Å². The maximum absolute atomic E-state index is 12.5. The lowest BCUT2D eigenvalue weighted by Gasteiger charge is -2.19. The molecule has 1 N–H and O–H groups in total. The molecule has 0 aliphatic heterocycles. The predicted octanol–water partition coefficient (Wildman–Crippen LogP) is 3.99. The molecule has 0 aliphatic carbocycles. The quantitative estimate of drug-likeness (QED) is 0.802. The third kappa shape index (κ3) is 3.17. The number of hydrogen-bond acceptors (Lipinski definition) is 2. The van der Waals surface area contributed by atoms with Gasteiger partial charge in [0, 0.05) is 17.8 Å². The third-order valence-corrected chi connectivity index (χ3v) is 2.99. The van der Waals surface area contributed by atoms with E-state index in [0.717, 1.165) is 5.39 Å². The molecule has 1 atom stereocenters. The van der Waals surface area contributed by atoms with E-state index < -0.39 is 25.7 Å². The van der Waals surface area contributed by atoms with Gasteiger partial charge in [0.15, 0.2) is 0 Å². The average molecular weight is 269 g/mol. The van der Waals surface area contributed by atoms with E-state index in [1.807, 2.05) is 6.07 Å². The number of furan rings is 1. The minimum absolute atomic E-state index is 0.427. The van der Waals surface area contributed by atoms with Crippen molar-refractivity contribution in [1.29, 1.82) is 0 Å². The van der Waals surface area contributed by atoms with E-state index in [2.05, 4.69) is 11.9 Å². The largest absolute Gasteiger partial charge is 0.464 e. The number of nitrogens with one attached hydrogen (secondary N) is 1. The Balaban J connectivity index is 2.24. The molecule has 0 bridgehead atoms. The molecular formula is C14H14F3NO. The SMILES string of the molecule is C=C(c1ccc2ccoc2c1)C(CC(F)F)NCF. The number of alkyl halides is 3. The van der Waals surface area contributed by atoms with Crippen molar-refractivity contribution in [3.63, 3.8) is 0 Å². The summed E-state index contributed by atoms with van der Waals surface area (Å²) in [5.41, 5.74) is 1.74. The second kappa shape index (κ2) is 5.93. The normalized spacial score (nSPS) is 13.1. The molecule has 1 aromatic carbocycles. The van der Waals surface area contributed by atoms with Crippen LogP contribution in [0.15, 0.2) is 41.5 Å². The molecule has 2 nitrogen and oxygen atoms in total. The first-order chi connectivity index (χ1) is 9.11. The molecule has 2 rings (SSSR count). The lowest BCUT2D eigenvalue weighted by molar-refractivity contribution is 0.128. The van der Waals surface area contributed by atoms with Crippen molar-refractivity contribution in [1.82, 2.24) is 5.32 Å². The fourth-order valence-corrected chi connectivity index (χ4v) is 1.98. The van der Waals surface area contributed by atoms with Gasteiger partial charge in [-0.15, -0.1) is 0 Å². The van der Waals surface area contributed by atoms with E-state index in [9.17, 15) is 13.2 Å². The third-order valence-electron chi connectivity index (χ3n) is 2.99. The summed E-state index contributed by atoms with van der Waals surface area (Å²) in [7, 11) is 0. The Hall–Kier alpha value is -1.75. The Morgan fingerprint density at radius 2 is 2.11 bits per heavy atom. The second-order valence-electron chi connectivity index (χ2n) is 4.22. The number of hydrogen-bond donors (Lipinski definition) is 1. The fourth-order valence-electron chi connectivity index (χ4n) is 1.98. The van der Waals surface area contributed by atoms with Crippen LogP contribution in [0.4, 0.5) is 13.2 Å². The minimum atomic E-state index is -2.52. The van der Waals surface area contributed by atoms with Crippen LogP contribution in [0.2, 0.25) is 0 Å². The predicted molar refractivity (Wildman–Crippen MR) is 68.8 cm³/mol. The monoisotopic (exact) mass is 269 g/mol. The molecule has 1 aromatic heterocycles. The van der Waals surface area contributed by atoms with Crippen LogP contribution >= 0.6 is 0 Å². The van der Waals surface area contributed by atoms with Crippen LogP contribution in [-0.4, -0.2) is 19.3 Å². The molecule has 0 radical (unpaired) electrons. The van der Waals surface area contributed by atoms with E-state index in [4.69, 9.17) is 4.42 Å². The maximum Gasteiger partial charge on any atom is 0.240 e. The topological polar surface area (TPSA) is 25.2 Å². The average Bonchev–Trinajstić information content (AvgIpc) is 2.84. The van der Waals surface area contributed by atoms with Gasteiger partial charge in [0.25, 0.3) is 0 Å². The lowest BCUT2D eigenvalue weighted by atomic mass is 9.97. The molecule has 102 valence electrons. The van der Waals surface area contributed by atoms with Crippen molar-refractivity contribution >= 4 is 16.5 Å². The smallest absolute Gasteiger partial charge is 0.240 e. The van der Waals surface area contributed by atoms with Gasteiger partial charge in [0.2, 0.25) is 6.43 Å². The summed E-state index contributed by atoms with van der Waals surface area (Å²) in [5.74, 6) is 0. The van der Waals surface area contributed by atoms with Crippen LogP contribution in [0.5, 0.6) is 0 Å². The summed E-state index contributed by atoms with van der Waals surface area (Å²) in [5, 5.41) is 3.29. The minimum Gasteiger partial charge on any atom is -0.464 e. The summed E-state index contributed by atoms with van der Waals surface area (Å²) in [6.07, 6.45) is -1.44. The molecule has 0 saturated heterocycles. The van der Waals surface area contributed by atoms with Crippen LogP contribution < -0.4 is 5.32 Å². The van der Waals surface area contributed by atoms with Gasteiger partial charge in [0.1, 0.15) is 12.4 Å². The second-order valence-corrected chi connectivity index (χ2v) is 4.22. The Morgan fingerprint density at radius 1 is 1.32 bits per heavy atom. The summed E-state index contributed by atoms with van der Waals surface area (Å²) in [6.45, 7) is 2.91. The molecule has 0 aliphatic rings. The van der Waals surface area contributed by atoms with Crippen LogP contribution in [0.3, 0.4) is 0 Å². The lowest BCUT2D eigenvalue weighted by Crippen LogP contribution is -2.31. The molecule has 5 heteroatoms. The van der Waals surface area contributed by atoms with Crippen LogP contribution in [0.25, 0.3) is 16.5 Å². The van der Waals surface area contributed by atoms with Crippen molar-refractivity contribution in [3.8, 4) is 0 Å². The van der Waals surface area contributed by atoms with Gasteiger partial charge in [-0.2, -0.15) is 0 Å². The van der Waals surface area contributed by atoms with E-state index in [0.29, 0.717) is 16.7 Å². The summed E-state index contributed by atoms with van der Waals surface area (Å²) < 4.78 is 42.5. The standard InChI is InChI=1S/C14H14F3NO/c1-9(12(18-8-15)7-14(16)17)11-3-2-10-4-5-19-13(10)6-11/h2-6,12,14,18H,1,7-8H2. The number of benzene rings is 1. The number of fused-ring (bicyclic) bond motifs is 1. The summed E-state index contributed by atoms with van der Waals surface area (Å²) >= 11 is 0. The van der Waals surface area contributed by atoms with Gasteiger partial charge in [-0.1, -0.05) is 18.7 Å². The molecule has 0 spiro atoms. The highest BCUT2D eigenvalue weighted by Crippen LogP contribution is 2.25. The molecular weight excluding hydrogens is 255 g/mol. The van der Waals surface area contributed by atoms with Gasteiger partial charge in [-0.05, 0) is 23.3 Å². The van der Waals surface area contributed by atoms with Gasteiger partial charge < -0.3 is 4.42 Å². The van der Waals surface area contributed by atoms with E-state index in [1.54, 1.807) is 24.5 Å². The molecule has 1 unspecified atom stereocenters. The molecule has 0 amide bonds. The first kappa shape index (κ1) is 13.7. The first-order valence-electron chi connectivity index (χ1n) is 5.85. The van der Waals surface area contributed by atoms with Crippen molar-refractivity contribution in [2.75, 3.05) is 6.80 Å². The van der Waals surface area contributed by atoms with Crippen molar-refractivity contribution in [3.05, 3.63) is 42.7 Å². The van der Waals surface area contributed by atoms with E-state index >= 15 is 0 Å². The van der Waals surface area contributed by atoms with Gasteiger partial charge in [-0.3, -0.25) is 5.32 Å². The van der Waals surface area contributed by atoms with Crippen LogP contribution in [0, 0.1) is 0 Å².